The van der Waals surface area contributed by atoms with Crippen molar-refractivity contribution in [3.05, 3.63) is 23.5 Å². The smallest absolute Gasteiger partial charge is 0.309 e. The molecule has 0 atom stereocenters. The summed E-state index contributed by atoms with van der Waals surface area (Å²) in [6.45, 7) is 3.81. The van der Waals surface area contributed by atoms with Crippen molar-refractivity contribution in [2.45, 2.75) is 25.7 Å². The van der Waals surface area contributed by atoms with Crippen LogP contribution in [0.25, 0.3) is 0 Å². The van der Waals surface area contributed by atoms with E-state index in [0.29, 0.717) is 5.31 Å². The molecule has 0 spiro atoms. The predicted octanol–water partition coefficient (Wildman–Crippen LogP) is 3.49. The number of rotatable bonds is 4. The molecule has 0 saturated carbocycles. The maximum absolute atomic E-state index is 12.0. The Kier molecular flexibility index (Phi) is 4.11. The van der Waals surface area contributed by atoms with Crippen molar-refractivity contribution in [1.29, 1.82) is 0 Å². The average Bonchev–Trinajstić information content (AvgIpc) is 2.28. The van der Waals surface area contributed by atoms with E-state index >= 15 is 0 Å². The Morgan fingerprint density at radius 2 is 2.07 bits per heavy atom. The van der Waals surface area contributed by atoms with Crippen LogP contribution in [0.2, 0.25) is 0 Å². The molecule has 0 amide bonds. The molecule has 0 bridgehead atoms. The Bertz CT molecular complexity index is 286. The zero-order valence-corrected chi connectivity index (χ0v) is 9.68. The number of allylic oxidation sites excluding steroid dienone is 3. The molecule has 1 aliphatic carbocycles. The van der Waals surface area contributed by atoms with Gasteiger partial charge in [0, 0.05) is 14.2 Å². The second kappa shape index (κ2) is 4.92. The van der Waals surface area contributed by atoms with E-state index in [9.17, 15) is 4.57 Å². The van der Waals surface area contributed by atoms with Crippen molar-refractivity contribution in [3.8, 4) is 0 Å². The molecule has 0 aromatic rings. The van der Waals surface area contributed by atoms with Crippen LogP contribution in [-0.2, 0) is 13.6 Å². The second-order valence-electron chi connectivity index (χ2n) is 3.28. The highest BCUT2D eigenvalue weighted by Crippen LogP contribution is 2.57. The van der Waals surface area contributed by atoms with Gasteiger partial charge in [-0.15, -0.1) is 0 Å². The molecule has 0 aromatic heterocycles. The van der Waals surface area contributed by atoms with E-state index in [2.05, 4.69) is 12.7 Å². The monoisotopic (exact) mass is 216 g/mol. The van der Waals surface area contributed by atoms with Crippen LogP contribution in [0.4, 0.5) is 0 Å². The lowest BCUT2D eigenvalue weighted by atomic mass is 10.00. The van der Waals surface area contributed by atoms with Crippen LogP contribution in [0.5, 0.6) is 0 Å². The van der Waals surface area contributed by atoms with Gasteiger partial charge in [-0.25, -0.2) is 0 Å². The largest absolute Gasteiger partial charge is 0.360 e. The molecule has 0 radical (unpaired) electrons. The minimum atomic E-state index is -3.10. The molecule has 14 heavy (non-hydrogen) atoms. The summed E-state index contributed by atoms with van der Waals surface area (Å²) in [5.41, 5.74) is 1.03. The van der Waals surface area contributed by atoms with Gasteiger partial charge in [0.15, 0.2) is 0 Å². The standard InChI is InChI=1S/C10H17O3P/c1-9(14(11,12-2)13-3)10-7-5-4-6-8-10/h7H,1,4-6,8H2,2-3H3. The van der Waals surface area contributed by atoms with Crippen molar-refractivity contribution in [2.24, 2.45) is 0 Å². The quantitative estimate of drug-likeness (QED) is 0.675. The van der Waals surface area contributed by atoms with Crippen LogP contribution >= 0.6 is 7.60 Å². The highest BCUT2D eigenvalue weighted by atomic mass is 31.2. The molecule has 0 fully saturated rings. The van der Waals surface area contributed by atoms with Gasteiger partial charge in [-0.2, -0.15) is 0 Å². The Balaban J connectivity index is 2.82. The van der Waals surface area contributed by atoms with Gasteiger partial charge < -0.3 is 9.05 Å². The van der Waals surface area contributed by atoms with Gasteiger partial charge in [0.05, 0.1) is 5.31 Å². The maximum atomic E-state index is 12.0. The molecule has 4 heteroatoms. The third-order valence-electron chi connectivity index (χ3n) is 2.47. The minimum Gasteiger partial charge on any atom is -0.309 e. The average molecular weight is 216 g/mol. The van der Waals surface area contributed by atoms with Crippen molar-refractivity contribution >= 4 is 7.60 Å². The van der Waals surface area contributed by atoms with E-state index in [1.165, 1.54) is 20.6 Å². The molecular formula is C10H17O3P. The Morgan fingerprint density at radius 1 is 1.43 bits per heavy atom. The van der Waals surface area contributed by atoms with Gasteiger partial charge in [0.1, 0.15) is 0 Å². The molecular weight excluding hydrogens is 199 g/mol. The molecule has 3 nitrogen and oxygen atoms in total. The van der Waals surface area contributed by atoms with Gasteiger partial charge in [0.25, 0.3) is 0 Å². The summed E-state index contributed by atoms with van der Waals surface area (Å²) in [5, 5.41) is 0.516. The van der Waals surface area contributed by atoms with E-state index in [0.717, 1.165) is 24.8 Å². The second-order valence-corrected chi connectivity index (χ2v) is 5.55. The third-order valence-corrected chi connectivity index (χ3v) is 4.38. The summed E-state index contributed by atoms with van der Waals surface area (Å²) in [4.78, 5) is 0. The van der Waals surface area contributed by atoms with Crippen molar-refractivity contribution < 1.29 is 13.6 Å². The molecule has 0 unspecified atom stereocenters. The maximum Gasteiger partial charge on any atom is 0.360 e. The first-order valence-corrected chi connectivity index (χ1v) is 6.28. The fraction of sp³-hybridized carbons (Fsp3) is 0.600. The fourth-order valence-electron chi connectivity index (χ4n) is 1.57. The number of hydrogen-bond donors (Lipinski definition) is 0. The molecule has 1 rings (SSSR count). The van der Waals surface area contributed by atoms with Gasteiger partial charge in [-0.3, -0.25) is 4.57 Å². The molecule has 0 heterocycles. The van der Waals surface area contributed by atoms with Crippen LogP contribution in [-0.4, -0.2) is 14.2 Å². The van der Waals surface area contributed by atoms with Gasteiger partial charge in [-0.1, -0.05) is 12.7 Å². The minimum absolute atomic E-state index is 0.516. The first kappa shape index (κ1) is 11.7. The van der Waals surface area contributed by atoms with Crippen LogP contribution in [0.15, 0.2) is 23.5 Å². The summed E-state index contributed by atoms with van der Waals surface area (Å²) in [6.07, 6.45) is 6.35. The lowest BCUT2D eigenvalue weighted by molar-refractivity contribution is 0.283. The Hall–Kier alpha value is -0.370. The van der Waals surface area contributed by atoms with Crippen molar-refractivity contribution in [2.75, 3.05) is 14.2 Å². The normalized spacial score (nSPS) is 17.7. The molecule has 0 aromatic carbocycles. The van der Waals surface area contributed by atoms with Crippen LogP contribution in [0.1, 0.15) is 25.7 Å². The van der Waals surface area contributed by atoms with Crippen LogP contribution in [0, 0.1) is 0 Å². The molecule has 0 saturated heterocycles. The van der Waals surface area contributed by atoms with Crippen LogP contribution in [0.3, 0.4) is 0 Å². The summed E-state index contributed by atoms with van der Waals surface area (Å²) >= 11 is 0. The molecule has 80 valence electrons. The first-order valence-electron chi connectivity index (χ1n) is 4.74. The zero-order valence-electron chi connectivity index (χ0n) is 8.78. The Morgan fingerprint density at radius 3 is 2.50 bits per heavy atom. The molecule has 1 aliphatic rings. The lowest BCUT2D eigenvalue weighted by Gasteiger charge is -2.20. The summed E-state index contributed by atoms with van der Waals surface area (Å²) in [6, 6.07) is 0. The molecule has 0 N–H and O–H groups in total. The highest BCUT2D eigenvalue weighted by Gasteiger charge is 2.28. The summed E-state index contributed by atoms with van der Waals surface area (Å²) < 4.78 is 21.8. The van der Waals surface area contributed by atoms with E-state index < -0.39 is 7.60 Å². The van der Waals surface area contributed by atoms with Crippen molar-refractivity contribution in [1.82, 2.24) is 0 Å². The molecule has 0 aliphatic heterocycles. The van der Waals surface area contributed by atoms with Gasteiger partial charge in [0.2, 0.25) is 0 Å². The van der Waals surface area contributed by atoms with Crippen molar-refractivity contribution in [3.63, 3.8) is 0 Å². The zero-order chi connectivity index (χ0) is 10.6. The van der Waals surface area contributed by atoms with E-state index in [4.69, 9.17) is 9.05 Å². The van der Waals surface area contributed by atoms with Gasteiger partial charge >= 0.3 is 7.60 Å². The van der Waals surface area contributed by atoms with E-state index in [1.807, 2.05) is 0 Å². The van der Waals surface area contributed by atoms with E-state index in [-0.39, 0.29) is 0 Å². The van der Waals surface area contributed by atoms with Crippen LogP contribution < -0.4 is 0 Å². The van der Waals surface area contributed by atoms with Gasteiger partial charge in [-0.05, 0) is 31.3 Å². The fourth-order valence-corrected chi connectivity index (χ4v) is 2.72. The first-order chi connectivity index (χ1) is 6.64. The Labute approximate surface area is 85.3 Å². The highest BCUT2D eigenvalue weighted by molar-refractivity contribution is 7.58. The predicted molar refractivity (Wildman–Crippen MR) is 57.3 cm³/mol. The van der Waals surface area contributed by atoms with E-state index in [1.54, 1.807) is 0 Å². The number of hydrogen-bond acceptors (Lipinski definition) is 3. The SMILES string of the molecule is C=C(C1=CCCCC1)P(=O)(OC)OC. The third kappa shape index (κ3) is 2.35. The topological polar surface area (TPSA) is 35.5 Å². The summed E-state index contributed by atoms with van der Waals surface area (Å²) in [7, 11) is -0.328. The lowest BCUT2D eigenvalue weighted by Crippen LogP contribution is -1.99. The summed E-state index contributed by atoms with van der Waals surface area (Å²) in [5.74, 6) is 0.